The van der Waals surface area contributed by atoms with Crippen LogP contribution in [0.1, 0.15) is 18.1 Å². The number of thioether (sulfide) groups is 1. The van der Waals surface area contributed by atoms with Crippen LogP contribution < -0.4 is 0 Å². The van der Waals surface area contributed by atoms with Gasteiger partial charge in [0, 0.05) is 5.56 Å². The molecule has 0 atom stereocenters. The molecule has 0 aromatic heterocycles. The van der Waals surface area contributed by atoms with Crippen LogP contribution in [0.3, 0.4) is 0 Å². The molecule has 0 bridgehead atoms. The van der Waals surface area contributed by atoms with Crippen molar-refractivity contribution in [3.63, 3.8) is 0 Å². The third kappa shape index (κ3) is 3.23. The van der Waals surface area contributed by atoms with Crippen LogP contribution >= 0.6 is 11.8 Å². The van der Waals surface area contributed by atoms with E-state index in [1.165, 1.54) is 11.1 Å². The highest BCUT2D eigenvalue weighted by Crippen LogP contribution is 2.21. The molecule has 0 aliphatic carbocycles. The Morgan fingerprint density at radius 2 is 1.67 bits per heavy atom. The van der Waals surface area contributed by atoms with E-state index in [1.54, 1.807) is 11.8 Å². The van der Waals surface area contributed by atoms with E-state index in [0.717, 1.165) is 16.5 Å². The third-order valence-electron chi connectivity index (χ3n) is 2.64. The van der Waals surface area contributed by atoms with Crippen molar-refractivity contribution >= 4 is 22.5 Å². The Balaban J connectivity index is 2.41. The summed E-state index contributed by atoms with van der Waals surface area (Å²) >= 11 is 1.79. The largest absolute Gasteiger partial charge is 0.241 e. The van der Waals surface area contributed by atoms with E-state index in [9.17, 15) is 0 Å². The average molecular weight is 255 g/mol. The van der Waals surface area contributed by atoms with E-state index in [1.807, 2.05) is 30.3 Å². The van der Waals surface area contributed by atoms with Gasteiger partial charge in [0.25, 0.3) is 0 Å². The van der Waals surface area contributed by atoms with Crippen LogP contribution in [0.4, 0.5) is 5.69 Å². The van der Waals surface area contributed by atoms with Gasteiger partial charge in [-0.1, -0.05) is 49.4 Å². The van der Waals surface area contributed by atoms with E-state index < -0.39 is 0 Å². The first kappa shape index (κ1) is 12.9. The Hall–Kier alpha value is -1.54. The van der Waals surface area contributed by atoms with Crippen LogP contribution in [0, 0.1) is 6.92 Å². The van der Waals surface area contributed by atoms with Gasteiger partial charge in [-0.05, 0) is 30.4 Å². The Morgan fingerprint density at radius 3 is 2.33 bits per heavy atom. The fourth-order valence-corrected chi connectivity index (χ4v) is 2.57. The summed E-state index contributed by atoms with van der Waals surface area (Å²) in [6.07, 6.45) is 0. The first-order valence-corrected chi connectivity index (χ1v) is 7.12. The van der Waals surface area contributed by atoms with E-state index in [4.69, 9.17) is 4.99 Å². The van der Waals surface area contributed by atoms with Gasteiger partial charge in [-0.25, -0.2) is 4.99 Å². The smallest absolute Gasteiger partial charge is 0.104 e. The van der Waals surface area contributed by atoms with Gasteiger partial charge in [-0.3, -0.25) is 0 Å². The molecule has 2 rings (SSSR count). The Kier molecular flexibility index (Phi) is 4.59. The summed E-state index contributed by atoms with van der Waals surface area (Å²) in [6, 6.07) is 18.5. The monoisotopic (exact) mass is 255 g/mol. The van der Waals surface area contributed by atoms with Crippen molar-refractivity contribution in [2.24, 2.45) is 4.99 Å². The van der Waals surface area contributed by atoms with Gasteiger partial charge in [-0.2, -0.15) is 0 Å². The second kappa shape index (κ2) is 6.41. The second-order valence-corrected chi connectivity index (χ2v) is 5.25. The minimum absolute atomic E-state index is 1.01. The molecule has 0 fully saturated rings. The summed E-state index contributed by atoms with van der Waals surface area (Å²) < 4.78 is 0. The van der Waals surface area contributed by atoms with E-state index in [0.29, 0.717) is 0 Å². The van der Waals surface area contributed by atoms with Crippen molar-refractivity contribution in [3.05, 3.63) is 65.7 Å². The van der Waals surface area contributed by atoms with Crippen LogP contribution in [-0.4, -0.2) is 10.8 Å². The molecule has 0 aliphatic heterocycles. The summed E-state index contributed by atoms with van der Waals surface area (Å²) in [5, 5.41) is 1.10. The molecular formula is C16H17NS. The molecule has 18 heavy (non-hydrogen) atoms. The fourth-order valence-electron chi connectivity index (χ4n) is 1.74. The van der Waals surface area contributed by atoms with Crippen molar-refractivity contribution in [3.8, 4) is 0 Å². The van der Waals surface area contributed by atoms with Gasteiger partial charge in [0.2, 0.25) is 0 Å². The van der Waals surface area contributed by atoms with Crippen molar-refractivity contribution in [2.45, 2.75) is 13.8 Å². The normalized spacial score (nSPS) is 11.6. The summed E-state index contributed by atoms with van der Waals surface area (Å²) in [5.41, 5.74) is 3.51. The predicted octanol–water partition coefficient (Wildman–Crippen LogP) is 4.83. The van der Waals surface area contributed by atoms with E-state index >= 15 is 0 Å². The lowest BCUT2D eigenvalue weighted by molar-refractivity contribution is 1.43. The highest BCUT2D eigenvalue weighted by atomic mass is 32.2. The van der Waals surface area contributed by atoms with Crippen molar-refractivity contribution in [2.75, 3.05) is 5.75 Å². The molecule has 0 unspecified atom stereocenters. The van der Waals surface area contributed by atoms with Gasteiger partial charge in [0.05, 0.1) is 5.69 Å². The fraction of sp³-hybridized carbons (Fsp3) is 0.188. The van der Waals surface area contributed by atoms with Crippen molar-refractivity contribution in [1.82, 2.24) is 0 Å². The number of aryl methyl sites for hydroxylation is 1. The third-order valence-corrected chi connectivity index (χ3v) is 3.52. The lowest BCUT2D eigenvalue weighted by Gasteiger charge is -2.08. The SMILES string of the molecule is CCS/C(=N\c1ccccc1)c1ccccc1C. The molecule has 92 valence electrons. The topological polar surface area (TPSA) is 12.4 Å². The van der Waals surface area contributed by atoms with Crippen LogP contribution in [0.5, 0.6) is 0 Å². The summed E-state index contributed by atoms with van der Waals surface area (Å²) in [5.74, 6) is 1.03. The number of benzene rings is 2. The first-order chi connectivity index (χ1) is 8.81. The molecule has 2 aromatic rings. The molecule has 0 amide bonds. The Morgan fingerprint density at radius 1 is 1.00 bits per heavy atom. The van der Waals surface area contributed by atoms with E-state index in [2.05, 4.69) is 38.1 Å². The summed E-state index contributed by atoms with van der Waals surface area (Å²) in [6.45, 7) is 4.29. The van der Waals surface area contributed by atoms with Crippen LogP contribution in [0.2, 0.25) is 0 Å². The van der Waals surface area contributed by atoms with Crippen molar-refractivity contribution in [1.29, 1.82) is 0 Å². The van der Waals surface area contributed by atoms with Gasteiger partial charge in [0.15, 0.2) is 0 Å². The standard InChI is InChI=1S/C16H17NS/c1-3-18-16(15-12-8-7-9-13(15)2)17-14-10-5-4-6-11-14/h4-12H,3H2,1-2H3/b17-16-. The van der Waals surface area contributed by atoms with Gasteiger partial charge < -0.3 is 0 Å². The zero-order chi connectivity index (χ0) is 12.8. The molecule has 0 N–H and O–H groups in total. The van der Waals surface area contributed by atoms with Gasteiger partial charge in [0.1, 0.15) is 5.04 Å². The molecule has 1 nitrogen and oxygen atoms in total. The first-order valence-electron chi connectivity index (χ1n) is 6.14. The number of aliphatic imine (C=N–C) groups is 1. The Labute approximate surface area is 113 Å². The highest BCUT2D eigenvalue weighted by Gasteiger charge is 2.06. The summed E-state index contributed by atoms with van der Waals surface area (Å²) in [4.78, 5) is 4.76. The predicted molar refractivity (Wildman–Crippen MR) is 82.0 cm³/mol. The lowest BCUT2D eigenvalue weighted by atomic mass is 10.1. The molecule has 0 radical (unpaired) electrons. The van der Waals surface area contributed by atoms with Crippen LogP contribution in [0.15, 0.2) is 59.6 Å². The maximum absolute atomic E-state index is 4.76. The summed E-state index contributed by atoms with van der Waals surface area (Å²) in [7, 11) is 0. The molecule has 2 aromatic carbocycles. The Bertz CT molecular complexity index is 532. The van der Waals surface area contributed by atoms with Gasteiger partial charge in [-0.15, -0.1) is 11.8 Å². The number of hydrogen-bond acceptors (Lipinski definition) is 2. The maximum atomic E-state index is 4.76. The number of para-hydroxylation sites is 1. The van der Waals surface area contributed by atoms with Crippen LogP contribution in [-0.2, 0) is 0 Å². The lowest BCUT2D eigenvalue weighted by Crippen LogP contribution is -1.98. The average Bonchev–Trinajstić information content (AvgIpc) is 2.40. The molecule has 0 aliphatic rings. The number of nitrogens with zero attached hydrogens (tertiary/aromatic N) is 1. The molecule has 2 heteroatoms. The van der Waals surface area contributed by atoms with Gasteiger partial charge >= 0.3 is 0 Å². The highest BCUT2D eigenvalue weighted by molar-refractivity contribution is 8.14. The molecule has 0 heterocycles. The molecular weight excluding hydrogens is 238 g/mol. The van der Waals surface area contributed by atoms with Crippen molar-refractivity contribution < 1.29 is 0 Å². The zero-order valence-electron chi connectivity index (χ0n) is 10.8. The minimum Gasteiger partial charge on any atom is -0.241 e. The van der Waals surface area contributed by atoms with E-state index in [-0.39, 0.29) is 0 Å². The number of rotatable bonds is 3. The quantitative estimate of drug-likeness (QED) is 0.565. The zero-order valence-corrected chi connectivity index (χ0v) is 11.6. The second-order valence-electron chi connectivity index (χ2n) is 4.00. The molecule has 0 saturated carbocycles. The maximum Gasteiger partial charge on any atom is 0.104 e. The molecule has 0 spiro atoms. The molecule has 0 saturated heterocycles. The number of hydrogen-bond donors (Lipinski definition) is 0. The minimum atomic E-state index is 1.01. The van der Waals surface area contributed by atoms with Crippen LogP contribution in [0.25, 0.3) is 0 Å².